The van der Waals surface area contributed by atoms with E-state index in [2.05, 4.69) is 16.8 Å². The number of urea groups is 1. The van der Waals surface area contributed by atoms with Crippen LogP contribution >= 0.6 is 22.7 Å². The van der Waals surface area contributed by atoms with Crippen LogP contribution in [0.4, 0.5) is 4.79 Å². The van der Waals surface area contributed by atoms with E-state index in [1.54, 1.807) is 29.6 Å². The number of fused-ring (bicyclic) bond motifs is 1. The summed E-state index contributed by atoms with van der Waals surface area (Å²) in [5.41, 5.74) is 1.24. The molecule has 8 heteroatoms. The Morgan fingerprint density at radius 1 is 1.09 bits per heavy atom. The quantitative estimate of drug-likeness (QED) is 0.538. The van der Waals surface area contributed by atoms with E-state index in [1.807, 2.05) is 52.7 Å². The van der Waals surface area contributed by atoms with Crippen LogP contribution in [0.3, 0.4) is 0 Å². The lowest BCUT2D eigenvalue weighted by molar-refractivity contribution is -0.140. The summed E-state index contributed by atoms with van der Waals surface area (Å²) in [5, 5.41) is 6.90. The molecule has 170 valence electrons. The standard InChI is InChI=1S/C25H25N3O3S2/c1-25(12-9-17-6-3-2-4-7-17)23(30)28(24(31)26-25)16-21(29)27-13-10-19-18(11-15-33-19)22(27)20-8-5-14-32-20/h2-8,11,14-15,22H,9-10,12-13,16H2,1H3,(H,26,31). The first-order valence-electron chi connectivity index (χ1n) is 11.0. The molecule has 2 unspecified atom stereocenters. The molecule has 1 fully saturated rings. The molecule has 2 aliphatic heterocycles. The van der Waals surface area contributed by atoms with Gasteiger partial charge in [-0.1, -0.05) is 36.4 Å². The Kier molecular flexibility index (Phi) is 5.80. The van der Waals surface area contributed by atoms with E-state index in [4.69, 9.17) is 0 Å². The second-order valence-corrected chi connectivity index (χ2v) is 10.7. The number of amides is 4. The molecule has 0 spiro atoms. The van der Waals surface area contributed by atoms with Crippen molar-refractivity contribution in [1.29, 1.82) is 0 Å². The molecular weight excluding hydrogens is 454 g/mol. The van der Waals surface area contributed by atoms with E-state index in [-0.39, 0.29) is 24.4 Å². The van der Waals surface area contributed by atoms with E-state index in [0.717, 1.165) is 27.3 Å². The lowest BCUT2D eigenvalue weighted by atomic mass is 9.93. The lowest BCUT2D eigenvalue weighted by Crippen LogP contribution is -2.48. The van der Waals surface area contributed by atoms with Gasteiger partial charge < -0.3 is 10.2 Å². The summed E-state index contributed by atoms with van der Waals surface area (Å²) >= 11 is 3.33. The third kappa shape index (κ3) is 4.09. The van der Waals surface area contributed by atoms with E-state index < -0.39 is 11.6 Å². The van der Waals surface area contributed by atoms with Gasteiger partial charge in [-0.2, -0.15) is 0 Å². The predicted molar refractivity (Wildman–Crippen MR) is 129 cm³/mol. The largest absolute Gasteiger partial charge is 0.329 e. The summed E-state index contributed by atoms with van der Waals surface area (Å²) in [7, 11) is 0. The number of nitrogens with one attached hydrogen (secondary N) is 1. The Balaban J connectivity index is 1.32. The zero-order chi connectivity index (χ0) is 23.0. The number of hydrogen-bond donors (Lipinski definition) is 1. The molecule has 33 heavy (non-hydrogen) atoms. The zero-order valence-electron chi connectivity index (χ0n) is 18.3. The van der Waals surface area contributed by atoms with Crippen molar-refractivity contribution in [3.63, 3.8) is 0 Å². The second-order valence-electron chi connectivity index (χ2n) is 8.69. The van der Waals surface area contributed by atoms with Crippen molar-refractivity contribution in [2.45, 2.75) is 37.8 Å². The molecule has 5 rings (SSSR count). The molecule has 1 saturated heterocycles. The highest BCUT2D eigenvalue weighted by Gasteiger charge is 2.48. The summed E-state index contributed by atoms with van der Waals surface area (Å²) < 4.78 is 0. The topological polar surface area (TPSA) is 69.7 Å². The van der Waals surface area contributed by atoms with Crippen molar-refractivity contribution in [2.24, 2.45) is 0 Å². The van der Waals surface area contributed by atoms with Crippen molar-refractivity contribution >= 4 is 40.5 Å². The van der Waals surface area contributed by atoms with Gasteiger partial charge in [-0.15, -0.1) is 22.7 Å². The third-order valence-electron chi connectivity index (χ3n) is 6.49. The van der Waals surface area contributed by atoms with Gasteiger partial charge in [0.15, 0.2) is 0 Å². The summed E-state index contributed by atoms with van der Waals surface area (Å²) in [6.45, 7) is 2.07. The minimum absolute atomic E-state index is 0.169. The molecular formula is C25H25N3O3S2. The number of aryl methyl sites for hydroxylation is 1. The van der Waals surface area contributed by atoms with Gasteiger partial charge in [-0.3, -0.25) is 14.5 Å². The minimum Gasteiger partial charge on any atom is -0.329 e. The molecule has 3 aromatic rings. The Labute approximate surface area is 200 Å². The van der Waals surface area contributed by atoms with Crippen LogP contribution in [0.5, 0.6) is 0 Å². The van der Waals surface area contributed by atoms with Gasteiger partial charge >= 0.3 is 6.03 Å². The van der Waals surface area contributed by atoms with Gasteiger partial charge in [0.25, 0.3) is 5.91 Å². The van der Waals surface area contributed by atoms with Crippen LogP contribution in [0, 0.1) is 0 Å². The summed E-state index contributed by atoms with van der Waals surface area (Å²) in [6, 6.07) is 15.3. The number of hydrogen-bond acceptors (Lipinski definition) is 5. The van der Waals surface area contributed by atoms with Gasteiger partial charge in [0.1, 0.15) is 12.1 Å². The van der Waals surface area contributed by atoms with Crippen LogP contribution in [0.25, 0.3) is 0 Å². The van der Waals surface area contributed by atoms with E-state index in [9.17, 15) is 14.4 Å². The number of benzene rings is 1. The molecule has 0 radical (unpaired) electrons. The van der Waals surface area contributed by atoms with Gasteiger partial charge in [0, 0.05) is 16.3 Å². The molecule has 4 amide bonds. The van der Waals surface area contributed by atoms with Crippen molar-refractivity contribution in [3.8, 4) is 0 Å². The van der Waals surface area contributed by atoms with Gasteiger partial charge in [0.2, 0.25) is 5.91 Å². The average Bonchev–Trinajstić information content (AvgIpc) is 3.56. The molecule has 6 nitrogen and oxygen atoms in total. The normalized spacial score (nSPS) is 22.4. The molecule has 2 aliphatic rings. The lowest BCUT2D eigenvalue weighted by Gasteiger charge is -2.36. The Morgan fingerprint density at radius 2 is 1.91 bits per heavy atom. The highest BCUT2D eigenvalue weighted by molar-refractivity contribution is 7.10. The van der Waals surface area contributed by atoms with Crippen molar-refractivity contribution in [2.75, 3.05) is 13.1 Å². The maximum atomic E-state index is 13.4. The molecule has 2 atom stereocenters. The van der Waals surface area contributed by atoms with Gasteiger partial charge in [0.05, 0.1) is 6.04 Å². The number of nitrogens with zero attached hydrogens (tertiary/aromatic N) is 2. The van der Waals surface area contributed by atoms with Crippen LogP contribution in [0.15, 0.2) is 59.3 Å². The average molecular weight is 480 g/mol. The fourth-order valence-corrected chi connectivity index (χ4v) is 6.42. The molecule has 0 saturated carbocycles. The predicted octanol–water partition coefficient (Wildman–Crippen LogP) is 4.23. The summed E-state index contributed by atoms with van der Waals surface area (Å²) in [4.78, 5) is 44.7. The highest BCUT2D eigenvalue weighted by Crippen LogP contribution is 2.39. The first-order valence-corrected chi connectivity index (χ1v) is 12.8. The molecule has 4 heterocycles. The first kappa shape index (κ1) is 21.9. The number of carbonyl (C=O) groups excluding carboxylic acids is 3. The fraction of sp³-hybridized carbons (Fsp3) is 0.320. The highest BCUT2D eigenvalue weighted by atomic mass is 32.1. The number of carbonyl (C=O) groups is 3. The van der Waals surface area contributed by atoms with Crippen LogP contribution in [0.2, 0.25) is 0 Å². The third-order valence-corrected chi connectivity index (χ3v) is 8.42. The molecule has 2 aromatic heterocycles. The van der Waals surface area contributed by atoms with Crippen molar-refractivity contribution in [3.05, 3.63) is 80.2 Å². The molecule has 0 aliphatic carbocycles. The second kappa shape index (κ2) is 8.76. The SMILES string of the molecule is CC1(CCc2ccccc2)NC(=O)N(CC(=O)N2CCc3sccc3C2c2cccs2)C1=O. The maximum Gasteiger partial charge on any atom is 0.325 e. The Hall–Kier alpha value is -2.97. The molecule has 0 bridgehead atoms. The zero-order valence-corrected chi connectivity index (χ0v) is 20.0. The Bertz CT molecular complexity index is 1170. The van der Waals surface area contributed by atoms with E-state index >= 15 is 0 Å². The number of rotatable bonds is 6. The van der Waals surface area contributed by atoms with Crippen LogP contribution in [-0.2, 0) is 22.4 Å². The Morgan fingerprint density at radius 3 is 2.67 bits per heavy atom. The van der Waals surface area contributed by atoms with Crippen molar-refractivity contribution < 1.29 is 14.4 Å². The van der Waals surface area contributed by atoms with Gasteiger partial charge in [-0.25, -0.2) is 4.79 Å². The number of imide groups is 1. The van der Waals surface area contributed by atoms with E-state index in [0.29, 0.717) is 19.4 Å². The van der Waals surface area contributed by atoms with E-state index in [1.165, 1.54) is 4.88 Å². The molecule has 1 aromatic carbocycles. The van der Waals surface area contributed by atoms with Crippen LogP contribution < -0.4 is 5.32 Å². The van der Waals surface area contributed by atoms with Gasteiger partial charge in [-0.05, 0) is 60.2 Å². The maximum absolute atomic E-state index is 13.4. The molecule has 1 N–H and O–H groups in total. The first-order chi connectivity index (χ1) is 16.0. The fourth-order valence-electron chi connectivity index (χ4n) is 4.66. The number of thiophene rings is 2. The monoisotopic (exact) mass is 479 g/mol. The summed E-state index contributed by atoms with van der Waals surface area (Å²) in [6.07, 6.45) is 1.93. The smallest absolute Gasteiger partial charge is 0.325 e. The summed E-state index contributed by atoms with van der Waals surface area (Å²) in [5.74, 6) is -0.543. The van der Waals surface area contributed by atoms with Crippen LogP contribution in [-0.4, -0.2) is 46.3 Å². The van der Waals surface area contributed by atoms with Crippen molar-refractivity contribution in [1.82, 2.24) is 15.1 Å². The minimum atomic E-state index is -1.01. The van der Waals surface area contributed by atoms with Crippen LogP contribution in [0.1, 0.15) is 40.3 Å².